The first kappa shape index (κ1) is 16.3. The van der Waals surface area contributed by atoms with Crippen molar-refractivity contribution < 1.29 is 0 Å². The first-order valence-corrected chi connectivity index (χ1v) is 7.41. The molecule has 0 saturated carbocycles. The van der Waals surface area contributed by atoms with Gasteiger partial charge in [-0.05, 0) is 45.4 Å². The fourth-order valence-electron chi connectivity index (χ4n) is 3.08. The molecule has 0 aliphatic rings. The van der Waals surface area contributed by atoms with E-state index < -0.39 is 0 Å². The molecule has 0 atom stereocenters. The van der Waals surface area contributed by atoms with Gasteiger partial charge in [-0.15, -0.1) is 0 Å². The van der Waals surface area contributed by atoms with Crippen LogP contribution >= 0.6 is 0 Å². The Labute approximate surface area is 120 Å². The van der Waals surface area contributed by atoms with Gasteiger partial charge in [-0.3, -0.25) is 0 Å². The highest BCUT2D eigenvalue weighted by Gasteiger charge is 2.32. The molecule has 0 unspecified atom stereocenters. The topological polar surface area (TPSA) is 0 Å². The summed E-state index contributed by atoms with van der Waals surface area (Å²) in [5.41, 5.74) is 6.56. The smallest absolute Gasteiger partial charge is 0.0126 e. The Bertz CT molecular complexity index is 457. The van der Waals surface area contributed by atoms with Crippen molar-refractivity contribution in [3.8, 4) is 0 Å². The lowest BCUT2D eigenvalue weighted by Gasteiger charge is -2.37. The maximum absolute atomic E-state index is 2.34. The van der Waals surface area contributed by atoms with E-state index in [-0.39, 0.29) is 16.2 Å². The fraction of sp³-hybridized carbons (Fsp3) is 0.684. The van der Waals surface area contributed by atoms with Crippen LogP contribution in [0.5, 0.6) is 0 Å². The summed E-state index contributed by atoms with van der Waals surface area (Å²) in [5.74, 6) is 0. The average Bonchev–Trinajstić information content (AvgIpc) is 2.11. The lowest BCUT2D eigenvalue weighted by molar-refractivity contribution is 0.495. The van der Waals surface area contributed by atoms with Gasteiger partial charge in [0.2, 0.25) is 0 Å². The maximum Gasteiger partial charge on any atom is -0.0126 e. The molecule has 0 radical (unpaired) electrons. The lowest BCUT2D eigenvalue weighted by Crippen LogP contribution is -2.28. The molecule has 0 aliphatic heterocycles. The van der Waals surface area contributed by atoms with Crippen LogP contribution in [0.3, 0.4) is 0 Å². The van der Waals surface area contributed by atoms with Gasteiger partial charge in [-0.2, -0.15) is 0 Å². The van der Waals surface area contributed by atoms with Gasteiger partial charge in [-0.1, -0.05) is 74.4 Å². The summed E-state index contributed by atoms with van der Waals surface area (Å²) >= 11 is 0. The monoisotopic (exact) mass is 260 g/mol. The first-order chi connectivity index (χ1) is 8.26. The van der Waals surface area contributed by atoms with Crippen molar-refractivity contribution in [2.75, 3.05) is 0 Å². The minimum atomic E-state index is 0.178. The van der Waals surface area contributed by atoms with E-state index in [0.29, 0.717) is 0 Å². The third-order valence-corrected chi connectivity index (χ3v) is 3.72. The Balaban J connectivity index is 3.82. The van der Waals surface area contributed by atoms with Gasteiger partial charge in [0.25, 0.3) is 0 Å². The Morgan fingerprint density at radius 3 is 1.32 bits per heavy atom. The van der Waals surface area contributed by atoms with Gasteiger partial charge < -0.3 is 0 Å². The van der Waals surface area contributed by atoms with E-state index in [1.54, 1.807) is 5.56 Å². The van der Waals surface area contributed by atoms with Gasteiger partial charge in [0.15, 0.2) is 0 Å². The fourth-order valence-corrected chi connectivity index (χ4v) is 3.08. The van der Waals surface area contributed by atoms with Crippen molar-refractivity contribution in [2.45, 2.75) is 85.5 Å². The van der Waals surface area contributed by atoms with Crippen LogP contribution in [0, 0.1) is 6.92 Å². The second-order valence-corrected chi connectivity index (χ2v) is 8.93. The van der Waals surface area contributed by atoms with Crippen molar-refractivity contribution in [2.24, 2.45) is 0 Å². The summed E-state index contributed by atoms with van der Waals surface area (Å²) < 4.78 is 0. The average molecular weight is 260 g/mol. The zero-order valence-corrected chi connectivity index (χ0v) is 14.7. The molecule has 0 aromatic heterocycles. The number of benzene rings is 1. The molecular formula is C19H32. The first-order valence-electron chi connectivity index (χ1n) is 7.41. The molecule has 0 heterocycles. The highest BCUT2D eigenvalue weighted by molar-refractivity contribution is 5.50. The number of hydrogen-bond acceptors (Lipinski definition) is 0. The highest BCUT2D eigenvalue weighted by atomic mass is 14.4. The van der Waals surface area contributed by atoms with Crippen molar-refractivity contribution in [1.82, 2.24) is 0 Å². The molecule has 0 bridgehead atoms. The summed E-state index contributed by atoms with van der Waals surface area (Å²) in [4.78, 5) is 0. The summed E-state index contributed by atoms with van der Waals surface area (Å²) in [6.07, 6.45) is 0. The molecule has 19 heavy (non-hydrogen) atoms. The normalized spacial score (nSPS) is 13.8. The molecule has 1 aromatic carbocycles. The van der Waals surface area contributed by atoms with Gasteiger partial charge >= 0.3 is 0 Å². The molecular weight excluding hydrogens is 228 g/mol. The lowest BCUT2D eigenvalue weighted by atomic mass is 9.67. The molecule has 0 saturated heterocycles. The molecule has 0 aliphatic carbocycles. The predicted octanol–water partition coefficient (Wildman–Crippen LogP) is 5.89. The zero-order chi connectivity index (χ0) is 15.2. The molecule has 0 amide bonds. The molecule has 1 aromatic rings. The Hall–Kier alpha value is -0.780. The third-order valence-electron chi connectivity index (χ3n) is 3.72. The largest absolute Gasteiger partial charge is 0.0587 e. The van der Waals surface area contributed by atoms with Crippen LogP contribution in [-0.2, 0) is 16.2 Å². The summed E-state index contributed by atoms with van der Waals surface area (Å²) in [6.45, 7) is 23.2. The Kier molecular flexibility index (Phi) is 3.98. The van der Waals surface area contributed by atoms with E-state index in [1.165, 1.54) is 16.7 Å². The van der Waals surface area contributed by atoms with E-state index in [2.05, 4.69) is 81.4 Å². The van der Waals surface area contributed by atoms with Crippen LogP contribution in [0.1, 0.15) is 84.6 Å². The maximum atomic E-state index is 2.34. The van der Waals surface area contributed by atoms with E-state index in [9.17, 15) is 0 Å². The SMILES string of the molecule is Cc1ccc(C(C)(C)C)c(C(C)(C)C)c1C(C)(C)C. The van der Waals surface area contributed by atoms with Crippen molar-refractivity contribution in [1.29, 1.82) is 0 Å². The minimum Gasteiger partial charge on any atom is -0.0587 e. The van der Waals surface area contributed by atoms with Crippen LogP contribution in [-0.4, -0.2) is 0 Å². The number of aryl methyl sites for hydroxylation is 1. The van der Waals surface area contributed by atoms with Gasteiger partial charge in [-0.25, -0.2) is 0 Å². The predicted molar refractivity (Wildman–Crippen MR) is 87.3 cm³/mol. The molecule has 0 spiro atoms. The molecule has 0 N–H and O–H groups in total. The van der Waals surface area contributed by atoms with Crippen LogP contribution in [0.2, 0.25) is 0 Å². The van der Waals surface area contributed by atoms with Gasteiger partial charge in [0.1, 0.15) is 0 Å². The number of hydrogen-bond donors (Lipinski definition) is 0. The van der Waals surface area contributed by atoms with Crippen molar-refractivity contribution in [3.05, 3.63) is 34.4 Å². The van der Waals surface area contributed by atoms with E-state index >= 15 is 0 Å². The minimum absolute atomic E-state index is 0.178. The van der Waals surface area contributed by atoms with Crippen LogP contribution < -0.4 is 0 Å². The van der Waals surface area contributed by atoms with Crippen LogP contribution in [0.25, 0.3) is 0 Å². The second-order valence-electron chi connectivity index (χ2n) is 8.93. The molecule has 1 rings (SSSR count). The van der Waals surface area contributed by atoms with Crippen LogP contribution in [0.4, 0.5) is 0 Å². The molecule has 0 nitrogen and oxygen atoms in total. The zero-order valence-electron chi connectivity index (χ0n) is 14.7. The van der Waals surface area contributed by atoms with Gasteiger partial charge in [0, 0.05) is 0 Å². The van der Waals surface area contributed by atoms with Crippen molar-refractivity contribution >= 4 is 0 Å². The highest BCUT2D eigenvalue weighted by Crippen LogP contribution is 2.42. The quantitative estimate of drug-likeness (QED) is 0.546. The molecule has 0 heteroatoms. The second kappa shape index (κ2) is 4.65. The summed E-state index contributed by atoms with van der Waals surface area (Å²) in [7, 11) is 0. The molecule has 0 fully saturated rings. The Morgan fingerprint density at radius 2 is 1.00 bits per heavy atom. The standard InChI is InChI=1S/C19H32/c1-13-11-12-14(17(2,3)4)16(19(8,9)10)15(13)18(5,6)7/h11-12H,1-10H3. The third kappa shape index (κ3) is 3.41. The summed E-state index contributed by atoms with van der Waals surface area (Å²) in [5, 5.41) is 0. The Morgan fingerprint density at radius 1 is 0.579 bits per heavy atom. The van der Waals surface area contributed by atoms with Crippen molar-refractivity contribution in [3.63, 3.8) is 0 Å². The molecule has 108 valence electrons. The van der Waals surface area contributed by atoms with E-state index in [0.717, 1.165) is 0 Å². The van der Waals surface area contributed by atoms with E-state index in [4.69, 9.17) is 0 Å². The van der Waals surface area contributed by atoms with Crippen LogP contribution in [0.15, 0.2) is 12.1 Å². The number of rotatable bonds is 0. The van der Waals surface area contributed by atoms with E-state index in [1.807, 2.05) is 0 Å². The summed E-state index contributed by atoms with van der Waals surface area (Å²) in [6, 6.07) is 4.64. The van der Waals surface area contributed by atoms with Gasteiger partial charge in [0.05, 0.1) is 0 Å².